The van der Waals surface area contributed by atoms with Crippen LogP contribution >= 0.6 is 23.1 Å². The van der Waals surface area contributed by atoms with Gasteiger partial charge in [-0.2, -0.15) is 0 Å². The summed E-state index contributed by atoms with van der Waals surface area (Å²) in [5.41, 5.74) is 3.36. The Morgan fingerprint density at radius 1 is 1.07 bits per heavy atom. The fourth-order valence-corrected chi connectivity index (χ4v) is 4.23. The highest BCUT2D eigenvalue weighted by atomic mass is 32.2. The Hall–Kier alpha value is -2.91. The summed E-state index contributed by atoms with van der Waals surface area (Å²) in [6, 6.07) is 12.8. The zero-order chi connectivity index (χ0) is 20.8. The van der Waals surface area contributed by atoms with E-state index in [0.29, 0.717) is 20.8 Å². The summed E-state index contributed by atoms with van der Waals surface area (Å²) in [4.78, 5) is 24.6. The zero-order valence-corrected chi connectivity index (χ0v) is 17.8. The summed E-state index contributed by atoms with van der Waals surface area (Å²) in [6.45, 7) is 3.97. The Labute approximate surface area is 176 Å². The van der Waals surface area contributed by atoms with Crippen molar-refractivity contribution >= 4 is 45.7 Å². The summed E-state index contributed by atoms with van der Waals surface area (Å²) in [6.07, 6.45) is 0. The van der Waals surface area contributed by atoms with E-state index in [9.17, 15) is 9.59 Å². The van der Waals surface area contributed by atoms with Gasteiger partial charge in [0.25, 0.3) is 5.91 Å². The number of carbonyl (C=O) groups excluding carboxylic acids is 2. The summed E-state index contributed by atoms with van der Waals surface area (Å²) in [5.74, 6) is 0.215. The van der Waals surface area contributed by atoms with Crippen molar-refractivity contribution in [3.8, 4) is 5.75 Å². The lowest BCUT2D eigenvalue weighted by atomic mass is 10.1. The van der Waals surface area contributed by atoms with E-state index in [1.54, 1.807) is 24.3 Å². The van der Waals surface area contributed by atoms with Gasteiger partial charge in [0.1, 0.15) is 5.75 Å². The molecule has 0 bridgehead atoms. The van der Waals surface area contributed by atoms with E-state index < -0.39 is 0 Å². The van der Waals surface area contributed by atoms with Crippen LogP contribution in [0, 0.1) is 13.8 Å². The molecule has 2 aromatic carbocycles. The smallest absolute Gasteiger partial charge is 0.261 e. The van der Waals surface area contributed by atoms with Crippen LogP contribution in [-0.2, 0) is 4.79 Å². The van der Waals surface area contributed by atoms with Crippen LogP contribution in [0.4, 0.5) is 10.8 Å². The topological polar surface area (TPSA) is 93.2 Å². The number of anilines is 2. The molecule has 9 heteroatoms. The number of hydrogen-bond donors (Lipinski definition) is 2. The maximum Gasteiger partial charge on any atom is 0.261 e. The number of aryl methyl sites for hydroxylation is 2. The second-order valence-corrected chi connectivity index (χ2v) is 8.44. The van der Waals surface area contributed by atoms with E-state index in [4.69, 9.17) is 4.74 Å². The van der Waals surface area contributed by atoms with Crippen LogP contribution < -0.4 is 15.4 Å². The van der Waals surface area contributed by atoms with Crippen molar-refractivity contribution in [3.63, 3.8) is 0 Å². The summed E-state index contributed by atoms with van der Waals surface area (Å²) >= 11 is 2.47. The maximum atomic E-state index is 12.4. The predicted molar refractivity (Wildman–Crippen MR) is 116 cm³/mol. The first-order valence-electron chi connectivity index (χ1n) is 8.73. The minimum absolute atomic E-state index is 0.130. The van der Waals surface area contributed by atoms with Crippen LogP contribution in [0.15, 0.2) is 46.8 Å². The van der Waals surface area contributed by atoms with Gasteiger partial charge in [-0.25, -0.2) is 0 Å². The van der Waals surface area contributed by atoms with E-state index in [0.717, 1.165) is 16.8 Å². The molecule has 1 aromatic heterocycles. The van der Waals surface area contributed by atoms with Gasteiger partial charge < -0.3 is 10.1 Å². The van der Waals surface area contributed by atoms with E-state index in [-0.39, 0.29) is 17.6 Å². The molecule has 0 aliphatic rings. The summed E-state index contributed by atoms with van der Waals surface area (Å²) in [7, 11) is 1.51. The predicted octanol–water partition coefficient (Wildman–Crippen LogP) is 4.15. The van der Waals surface area contributed by atoms with Crippen LogP contribution in [0.5, 0.6) is 5.75 Å². The lowest BCUT2D eigenvalue weighted by molar-refractivity contribution is -0.113. The first-order chi connectivity index (χ1) is 13.9. The molecular weight excluding hydrogens is 408 g/mol. The van der Waals surface area contributed by atoms with E-state index >= 15 is 0 Å². The van der Waals surface area contributed by atoms with E-state index in [1.807, 2.05) is 32.0 Å². The molecule has 0 aliphatic carbocycles. The fourth-order valence-electron chi connectivity index (χ4n) is 2.69. The lowest BCUT2D eigenvalue weighted by Gasteiger charge is -2.07. The molecule has 1 heterocycles. The fraction of sp³-hybridized carbons (Fsp3) is 0.200. The van der Waals surface area contributed by atoms with Gasteiger partial charge in [0, 0.05) is 5.69 Å². The number of benzene rings is 2. The number of methoxy groups -OCH3 is 1. The second-order valence-electron chi connectivity index (χ2n) is 6.24. The van der Waals surface area contributed by atoms with Crippen molar-refractivity contribution < 1.29 is 14.3 Å². The highest BCUT2D eigenvalue weighted by Crippen LogP contribution is 2.27. The van der Waals surface area contributed by atoms with Crippen molar-refractivity contribution in [2.45, 2.75) is 18.2 Å². The van der Waals surface area contributed by atoms with Crippen molar-refractivity contribution in [2.75, 3.05) is 23.5 Å². The normalized spacial score (nSPS) is 10.4. The molecule has 0 radical (unpaired) electrons. The van der Waals surface area contributed by atoms with Crippen molar-refractivity contribution in [1.82, 2.24) is 10.2 Å². The molecule has 0 atom stereocenters. The van der Waals surface area contributed by atoms with Crippen molar-refractivity contribution in [1.29, 1.82) is 0 Å². The van der Waals surface area contributed by atoms with Crippen LogP contribution in [0.25, 0.3) is 0 Å². The van der Waals surface area contributed by atoms with Gasteiger partial charge in [-0.05, 0) is 49.2 Å². The number of amides is 2. The number of ether oxygens (including phenoxy) is 1. The molecule has 29 heavy (non-hydrogen) atoms. The Bertz CT molecular complexity index is 1020. The van der Waals surface area contributed by atoms with Gasteiger partial charge in [0.05, 0.1) is 18.4 Å². The molecule has 0 unspecified atom stereocenters. The standard InChI is InChI=1S/C20H20N4O3S2/c1-12-8-13(2)10-14(9-12)21-17(25)11-28-20-24-23-19(29-20)22-18(26)15-6-4-5-7-16(15)27-3/h4-10H,11H2,1-3H3,(H,21,25)(H,22,23,26). The molecule has 150 valence electrons. The van der Waals surface area contributed by atoms with E-state index in [1.165, 1.54) is 30.2 Å². The Kier molecular flexibility index (Phi) is 6.84. The third-order valence-electron chi connectivity index (χ3n) is 3.81. The Morgan fingerprint density at radius 3 is 2.52 bits per heavy atom. The lowest BCUT2D eigenvalue weighted by Crippen LogP contribution is -2.14. The van der Waals surface area contributed by atoms with Gasteiger partial charge >= 0.3 is 0 Å². The Balaban J connectivity index is 1.55. The molecule has 0 saturated carbocycles. The molecule has 7 nitrogen and oxygen atoms in total. The number of nitrogens with zero attached hydrogens (tertiary/aromatic N) is 2. The molecular formula is C20H20N4O3S2. The third kappa shape index (κ3) is 5.78. The van der Waals surface area contributed by atoms with Gasteiger partial charge in [0.15, 0.2) is 4.34 Å². The average molecular weight is 429 g/mol. The molecule has 0 aliphatic heterocycles. The van der Waals surface area contributed by atoms with Crippen LogP contribution in [0.2, 0.25) is 0 Å². The minimum Gasteiger partial charge on any atom is -0.496 e. The number of nitrogens with one attached hydrogen (secondary N) is 2. The number of rotatable bonds is 7. The maximum absolute atomic E-state index is 12.4. The van der Waals surface area contributed by atoms with Crippen LogP contribution in [-0.4, -0.2) is 34.9 Å². The first kappa shape index (κ1) is 20.8. The zero-order valence-electron chi connectivity index (χ0n) is 16.2. The molecule has 2 amide bonds. The number of hydrogen-bond acceptors (Lipinski definition) is 7. The van der Waals surface area contributed by atoms with Gasteiger partial charge in [-0.3, -0.25) is 14.9 Å². The molecule has 2 N–H and O–H groups in total. The van der Waals surface area contributed by atoms with E-state index in [2.05, 4.69) is 20.8 Å². The largest absolute Gasteiger partial charge is 0.496 e. The summed E-state index contributed by atoms with van der Waals surface area (Å²) < 4.78 is 5.79. The third-order valence-corrected chi connectivity index (χ3v) is 5.78. The SMILES string of the molecule is COc1ccccc1C(=O)Nc1nnc(SCC(=O)Nc2cc(C)cc(C)c2)s1. The summed E-state index contributed by atoms with van der Waals surface area (Å²) in [5, 5.41) is 13.9. The van der Waals surface area contributed by atoms with Gasteiger partial charge in [-0.1, -0.05) is 41.3 Å². The second kappa shape index (κ2) is 9.53. The number of para-hydroxylation sites is 1. The highest BCUT2D eigenvalue weighted by molar-refractivity contribution is 8.01. The number of carbonyl (C=O) groups is 2. The minimum atomic E-state index is -0.331. The first-order valence-corrected chi connectivity index (χ1v) is 10.5. The van der Waals surface area contributed by atoms with Gasteiger partial charge in [0.2, 0.25) is 11.0 Å². The number of aromatic nitrogens is 2. The highest BCUT2D eigenvalue weighted by Gasteiger charge is 2.15. The monoisotopic (exact) mass is 428 g/mol. The van der Waals surface area contributed by atoms with Gasteiger partial charge in [-0.15, -0.1) is 10.2 Å². The molecule has 0 fully saturated rings. The molecule has 0 spiro atoms. The molecule has 3 rings (SSSR count). The van der Waals surface area contributed by atoms with Crippen LogP contribution in [0.3, 0.4) is 0 Å². The average Bonchev–Trinajstić information content (AvgIpc) is 3.12. The quantitative estimate of drug-likeness (QED) is 0.434. The van der Waals surface area contributed by atoms with Crippen LogP contribution in [0.1, 0.15) is 21.5 Å². The molecule has 0 saturated heterocycles. The Morgan fingerprint density at radius 2 is 1.79 bits per heavy atom. The van der Waals surface area contributed by atoms with Crippen molar-refractivity contribution in [3.05, 3.63) is 59.2 Å². The van der Waals surface area contributed by atoms with Crippen molar-refractivity contribution in [2.24, 2.45) is 0 Å². The number of thioether (sulfide) groups is 1. The molecule has 3 aromatic rings.